The number of carboxylic acid groups (broad SMARTS) is 1. The first-order valence-corrected chi connectivity index (χ1v) is 5.07. The van der Waals surface area contributed by atoms with Gasteiger partial charge in [0.2, 0.25) is 5.91 Å². The van der Waals surface area contributed by atoms with Crippen LogP contribution < -0.4 is 10.1 Å². The Hall–Kier alpha value is -2.25. The maximum Gasteiger partial charge on any atom is 0.422 e. The van der Waals surface area contributed by atoms with Crippen LogP contribution in [0.4, 0.5) is 18.9 Å². The van der Waals surface area contributed by atoms with Crippen LogP contribution in [0.25, 0.3) is 0 Å². The van der Waals surface area contributed by atoms with Gasteiger partial charge in [-0.1, -0.05) is 0 Å². The van der Waals surface area contributed by atoms with Crippen LogP contribution in [-0.4, -0.2) is 29.8 Å². The first-order valence-electron chi connectivity index (χ1n) is 5.07. The Bertz CT molecular complexity index is 456. The van der Waals surface area contributed by atoms with E-state index in [0.29, 0.717) is 0 Å². The van der Waals surface area contributed by atoms with Crippen molar-refractivity contribution in [3.8, 4) is 5.75 Å². The number of carboxylic acids is 1. The molecule has 0 saturated carbocycles. The zero-order chi connectivity index (χ0) is 14.5. The predicted octanol–water partition coefficient (Wildman–Crippen LogP) is 2.04. The quantitative estimate of drug-likeness (QED) is 0.807. The molecule has 1 rings (SSSR count). The summed E-state index contributed by atoms with van der Waals surface area (Å²) in [7, 11) is 0. The lowest BCUT2D eigenvalue weighted by Gasteiger charge is -2.09. The minimum Gasteiger partial charge on any atom is -0.484 e. The van der Waals surface area contributed by atoms with Crippen LogP contribution in [0.1, 0.15) is 6.42 Å². The molecule has 0 aliphatic carbocycles. The molecule has 0 bridgehead atoms. The monoisotopic (exact) mass is 277 g/mol. The molecular formula is C11H10F3NO4. The summed E-state index contributed by atoms with van der Waals surface area (Å²) in [6, 6.07) is 5.10. The van der Waals surface area contributed by atoms with E-state index in [0.717, 1.165) is 0 Å². The van der Waals surface area contributed by atoms with Gasteiger partial charge in [0.25, 0.3) is 0 Å². The predicted molar refractivity (Wildman–Crippen MR) is 58.9 cm³/mol. The molecule has 0 atom stereocenters. The van der Waals surface area contributed by atoms with E-state index in [1.165, 1.54) is 24.3 Å². The summed E-state index contributed by atoms with van der Waals surface area (Å²) < 4.78 is 40.1. The van der Waals surface area contributed by atoms with Crippen LogP contribution in [-0.2, 0) is 9.59 Å². The van der Waals surface area contributed by atoms with E-state index >= 15 is 0 Å². The summed E-state index contributed by atoms with van der Waals surface area (Å²) >= 11 is 0. The third-order valence-corrected chi connectivity index (χ3v) is 1.85. The number of nitrogens with one attached hydrogen (secondary N) is 1. The van der Waals surface area contributed by atoms with Crippen molar-refractivity contribution >= 4 is 17.6 Å². The fourth-order valence-corrected chi connectivity index (χ4v) is 1.14. The molecule has 1 aromatic rings. The van der Waals surface area contributed by atoms with Crippen molar-refractivity contribution in [3.05, 3.63) is 24.3 Å². The molecule has 0 saturated heterocycles. The summed E-state index contributed by atoms with van der Waals surface area (Å²) in [6.07, 6.45) is -5.11. The van der Waals surface area contributed by atoms with Crippen LogP contribution in [0.15, 0.2) is 24.3 Å². The largest absolute Gasteiger partial charge is 0.484 e. The number of rotatable bonds is 5. The van der Waals surface area contributed by atoms with E-state index in [2.05, 4.69) is 10.1 Å². The van der Waals surface area contributed by atoms with Crippen molar-refractivity contribution in [1.29, 1.82) is 0 Å². The number of benzene rings is 1. The summed E-state index contributed by atoms with van der Waals surface area (Å²) in [5, 5.41) is 10.6. The van der Waals surface area contributed by atoms with Gasteiger partial charge >= 0.3 is 12.1 Å². The first-order chi connectivity index (χ1) is 8.76. The number of hydrogen-bond donors (Lipinski definition) is 2. The molecule has 1 amide bonds. The van der Waals surface area contributed by atoms with Crippen molar-refractivity contribution in [3.63, 3.8) is 0 Å². The maximum absolute atomic E-state index is 11.9. The third-order valence-electron chi connectivity index (χ3n) is 1.85. The maximum atomic E-state index is 11.9. The SMILES string of the molecule is O=C(O)CC(=O)Nc1ccc(OCC(F)(F)F)cc1. The molecule has 0 aliphatic rings. The van der Waals surface area contributed by atoms with E-state index in [4.69, 9.17) is 5.11 Å². The number of amides is 1. The lowest BCUT2D eigenvalue weighted by atomic mass is 10.3. The van der Waals surface area contributed by atoms with Gasteiger partial charge in [0.05, 0.1) is 0 Å². The fraction of sp³-hybridized carbons (Fsp3) is 0.273. The summed E-state index contributed by atoms with van der Waals surface area (Å²) in [6.45, 7) is -1.41. The van der Waals surface area contributed by atoms with E-state index in [-0.39, 0.29) is 11.4 Å². The molecule has 5 nitrogen and oxygen atoms in total. The molecule has 0 fully saturated rings. The first kappa shape index (κ1) is 14.8. The number of carbonyl (C=O) groups excluding carboxylic acids is 1. The number of aliphatic carboxylic acids is 1. The second-order valence-corrected chi connectivity index (χ2v) is 3.55. The minimum absolute atomic E-state index is 0.00596. The number of alkyl halides is 3. The number of anilines is 1. The molecule has 0 aromatic heterocycles. The third kappa shape index (κ3) is 6.29. The van der Waals surface area contributed by atoms with Crippen molar-refractivity contribution in [1.82, 2.24) is 0 Å². The number of ether oxygens (including phenoxy) is 1. The smallest absolute Gasteiger partial charge is 0.422 e. The Morgan fingerprint density at radius 2 is 1.79 bits per heavy atom. The highest BCUT2D eigenvalue weighted by Crippen LogP contribution is 2.20. The number of halogens is 3. The lowest BCUT2D eigenvalue weighted by Crippen LogP contribution is -2.19. The molecule has 0 aliphatic heterocycles. The Labute approximate surface area is 106 Å². The number of hydrogen-bond acceptors (Lipinski definition) is 3. The van der Waals surface area contributed by atoms with E-state index in [1.807, 2.05) is 0 Å². The van der Waals surface area contributed by atoms with E-state index < -0.39 is 31.1 Å². The topological polar surface area (TPSA) is 75.6 Å². The highest BCUT2D eigenvalue weighted by atomic mass is 19.4. The van der Waals surface area contributed by atoms with Gasteiger partial charge in [0.15, 0.2) is 6.61 Å². The minimum atomic E-state index is -4.42. The van der Waals surface area contributed by atoms with Gasteiger partial charge in [-0.05, 0) is 24.3 Å². The van der Waals surface area contributed by atoms with Crippen LogP contribution >= 0.6 is 0 Å². The Morgan fingerprint density at radius 3 is 2.26 bits per heavy atom. The van der Waals surface area contributed by atoms with Gasteiger partial charge in [-0.15, -0.1) is 0 Å². The molecule has 0 radical (unpaired) electrons. The molecule has 0 unspecified atom stereocenters. The summed E-state index contributed by atoms with van der Waals surface area (Å²) in [5.74, 6) is -2.01. The van der Waals surface area contributed by atoms with Gasteiger partial charge in [0.1, 0.15) is 12.2 Å². The highest BCUT2D eigenvalue weighted by molar-refractivity contribution is 6.01. The average molecular weight is 277 g/mol. The molecule has 2 N–H and O–H groups in total. The second kappa shape index (κ2) is 6.07. The van der Waals surface area contributed by atoms with Crippen molar-refractivity contribution < 1.29 is 32.6 Å². The van der Waals surface area contributed by atoms with Gasteiger partial charge in [-0.2, -0.15) is 13.2 Å². The highest BCUT2D eigenvalue weighted by Gasteiger charge is 2.28. The Balaban J connectivity index is 2.52. The average Bonchev–Trinajstić information content (AvgIpc) is 2.26. The Kier molecular flexibility index (Phi) is 4.74. The molecule has 0 spiro atoms. The van der Waals surface area contributed by atoms with Crippen LogP contribution in [0.3, 0.4) is 0 Å². The lowest BCUT2D eigenvalue weighted by molar-refractivity contribution is -0.153. The second-order valence-electron chi connectivity index (χ2n) is 3.55. The van der Waals surface area contributed by atoms with Crippen molar-refractivity contribution in [2.75, 3.05) is 11.9 Å². The summed E-state index contributed by atoms with van der Waals surface area (Å²) in [5.41, 5.74) is 0.269. The van der Waals surface area contributed by atoms with Crippen molar-refractivity contribution in [2.24, 2.45) is 0 Å². The molecule has 0 heterocycles. The fourth-order valence-electron chi connectivity index (χ4n) is 1.14. The van der Waals surface area contributed by atoms with Gasteiger partial charge in [-0.3, -0.25) is 9.59 Å². The molecular weight excluding hydrogens is 267 g/mol. The van der Waals surface area contributed by atoms with E-state index in [1.54, 1.807) is 0 Å². The molecule has 1 aromatic carbocycles. The molecule has 8 heteroatoms. The zero-order valence-corrected chi connectivity index (χ0v) is 9.53. The van der Waals surface area contributed by atoms with Crippen molar-refractivity contribution in [2.45, 2.75) is 12.6 Å². The summed E-state index contributed by atoms with van der Waals surface area (Å²) in [4.78, 5) is 21.3. The van der Waals surface area contributed by atoms with E-state index in [9.17, 15) is 22.8 Å². The zero-order valence-electron chi connectivity index (χ0n) is 9.53. The normalized spacial score (nSPS) is 10.9. The van der Waals surface area contributed by atoms with Gasteiger partial charge in [0, 0.05) is 5.69 Å². The Morgan fingerprint density at radius 1 is 1.21 bits per heavy atom. The van der Waals surface area contributed by atoms with Gasteiger partial charge in [-0.25, -0.2) is 0 Å². The number of carbonyl (C=O) groups is 2. The van der Waals surface area contributed by atoms with Crippen LogP contribution in [0.2, 0.25) is 0 Å². The van der Waals surface area contributed by atoms with Gasteiger partial charge < -0.3 is 15.2 Å². The molecule has 19 heavy (non-hydrogen) atoms. The van der Waals surface area contributed by atoms with Crippen LogP contribution in [0.5, 0.6) is 5.75 Å². The standard InChI is InChI=1S/C11H10F3NO4/c12-11(13,14)6-19-8-3-1-7(2-4-8)15-9(16)5-10(17)18/h1-4H,5-6H2,(H,15,16)(H,17,18). The molecule has 104 valence electrons. The van der Waals surface area contributed by atoms with Crippen LogP contribution in [0, 0.1) is 0 Å².